The van der Waals surface area contributed by atoms with Crippen LogP contribution in [0, 0.1) is 0 Å². The first-order chi connectivity index (χ1) is 12.3. The van der Waals surface area contributed by atoms with Crippen LogP contribution in [0.25, 0.3) is 10.9 Å². The van der Waals surface area contributed by atoms with Crippen LogP contribution in [0.5, 0.6) is 5.75 Å². The van der Waals surface area contributed by atoms with Gasteiger partial charge >= 0.3 is 0 Å². The topological polar surface area (TPSA) is 39.6 Å². The first-order valence-electron chi connectivity index (χ1n) is 8.84. The van der Waals surface area contributed by atoms with Crippen molar-refractivity contribution in [2.45, 2.75) is 13.0 Å². The fourth-order valence-electron chi connectivity index (χ4n) is 3.68. The van der Waals surface area contributed by atoms with Crippen molar-refractivity contribution in [2.75, 3.05) is 32.7 Å². The molecule has 4 rings (SSSR count). The van der Waals surface area contributed by atoms with E-state index in [0.29, 0.717) is 11.3 Å². The Balaban J connectivity index is 1.76. The Bertz CT molecular complexity index is 841. The molecule has 4 nitrogen and oxygen atoms in total. The van der Waals surface area contributed by atoms with Gasteiger partial charge in [0, 0.05) is 48.2 Å². The first kappa shape index (κ1) is 16.5. The van der Waals surface area contributed by atoms with Crippen molar-refractivity contribution in [2.24, 2.45) is 0 Å². The summed E-state index contributed by atoms with van der Waals surface area (Å²) in [6.45, 7) is 7.48. The second-order valence-electron chi connectivity index (χ2n) is 6.47. The lowest BCUT2D eigenvalue weighted by Crippen LogP contribution is -2.47. The lowest BCUT2D eigenvalue weighted by atomic mass is 9.99. The maximum absolute atomic E-state index is 11.0. The summed E-state index contributed by atoms with van der Waals surface area (Å²) in [6.07, 6.45) is 1.74. The van der Waals surface area contributed by atoms with Gasteiger partial charge in [-0.25, -0.2) is 0 Å². The highest BCUT2D eigenvalue weighted by atomic mass is 32.1. The molecular formula is C20H23N3OS. The number of aromatic nitrogens is 1. The Kier molecular flexibility index (Phi) is 4.70. The van der Waals surface area contributed by atoms with Gasteiger partial charge in [0.15, 0.2) is 0 Å². The van der Waals surface area contributed by atoms with Crippen molar-refractivity contribution in [1.82, 2.24) is 14.8 Å². The Morgan fingerprint density at radius 1 is 1.12 bits per heavy atom. The van der Waals surface area contributed by atoms with Crippen LogP contribution in [0.4, 0.5) is 0 Å². The molecule has 130 valence electrons. The maximum Gasteiger partial charge on any atom is 0.146 e. The lowest BCUT2D eigenvalue weighted by Gasteiger charge is -2.39. The van der Waals surface area contributed by atoms with Crippen LogP contribution >= 0.6 is 11.3 Å². The minimum atomic E-state index is 0.0883. The third kappa shape index (κ3) is 3.15. The molecule has 1 N–H and O–H groups in total. The van der Waals surface area contributed by atoms with E-state index in [4.69, 9.17) is 0 Å². The van der Waals surface area contributed by atoms with Crippen molar-refractivity contribution in [3.63, 3.8) is 0 Å². The summed E-state index contributed by atoms with van der Waals surface area (Å²) in [6, 6.07) is 12.4. The van der Waals surface area contributed by atoms with Gasteiger partial charge in [0.25, 0.3) is 0 Å². The lowest BCUT2D eigenvalue weighted by molar-refractivity contribution is 0.113. The average molecular weight is 353 g/mol. The van der Waals surface area contributed by atoms with E-state index in [2.05, 4.69) is 51.4 Å². The second-order valence-corrected chi connectivity index (χ2v) is 7.45. The minimum absolute atomic E-state index is 0.0883. The smallest absolute Gasteiger partial charge is 0.146 e. The largest absolute Gasteiger partial charge is 0.505 e. The fraction of sp³-hybridized carbons (Fsp3) is 0.350. The number of fused-ring (bicyclic) bond motifs is 1. The SMILES string of the molecule is CCN1CCN(C(c2cccs2)c2ccc3cccnc3c2O)CC1. The predicted molar refractivity (Wildman–Crippen MR) is 103 cm³/mol. The highest BCUT2D eigenvalue weighted by molar-refractivity contribution is 7.10. The van der Waals surface area contributed by atoms with E-state index in [1.165, 1.54) is 4.88 Å². The van der Waals surface area contributed by atoms with E-state index in [9.17, 15) is 5.11 Å². The van der Waals surface area contributed by atoms with Crippen molar-refractivity contribution in [3.05, 3.63) is 58.4 Å². The average Bonchev–Trinajstić information content (AvgIpc) is 3.19. The van der Waals surface area contributed by atoms with Crippen molar-refractivity contribution in [1.29, 1.82) is 0 Å². The van der Waals surface area contributed by atoms with E-state index < -0.39 is 0 Å². The highest BCUT2D eigenvalue weighted by Crippen LogP contribution is 2.39. The third-order valence-electron chi connectivity index (χ3n) is 5.11. The van der Waals surface area contributed by atoms with Gasteiger partial charge < -0.3 is 10.0 Å². The molecule has 1 aromatic carbocycles. The summed E-state index contributed by atoms with van der Waals surface area (Å²) in [5, 5.41) is 14.0. The number of nitrogens with zero attached hydrogens (tertiary/aromatic N) is 3. The molecule has 3 aromatic rings. The van der Waals surface area contributed by atoms with Gasteiger partial charge in [0.05, 0.1) is 6.04 Å². The highest BCUT2D eigenvalue weighted by Gasteiger charge is 2.29. The minimum Gasteiger partial charge on any atom is -0.505 e. The van der Waals surface area contributed by atoms with Crippen LogP contribution in [0.15, 0.2) is 48.0 Å². The monoisotopic (exact) mass is 353 g/mol. The number of phenolic OH excluding ortho intramolecular Hbond substituents is 1. The number of pyridine rings is 1. The molecule has 1 saturated heterocycles. The number of phenols is 1. The third-order valence-corrected chi connectivity index (χ3v) is 6.03. The summed E-state index contributed by atoms with van der Waals surface area (Å²) in [7, 11) is 0. The first-order valence-corrected chi connectivity index (χ1v) is 9.72. The molecule has 0 amide bonds. The number of hydrogen-bond donors (Lipinski definition) is 1. The van der Waals surface area contributed by atoms with Crippen LogP contribution in [0.2, 0.25) is 0 Å². The van der Waals surface area contributed by atoms with Crippen molar-refractivity contribution >= 4 is 22.2 Å². The summed E-state index contributed by atoms with van der Waals surface area (Å²) in [4.78, 5) is 10.6. The number of aromatic hydroxyl groups is 1. The molecule has 2 aromatic heterocycles. The number of piperazine rings is 1. The van der Waals surface area contributed by atoms with Crippen LogP contribution < -0.4 is 0 Å². The van der Waals surface area contributed by atoms with Gasteiger partial charge in [-0.1, -0.05) is 31.2 Å². The molecule has 0 radical (unpaired) electrons. The standard InChI is InChI=1S/C20H23N3OS/c1-2-22-10-12-23(13-11-22)19(17-6-4-14-25-17)16-8-7-15-5-3-9-21-18(15)20(16)24/h3-9,14,19,24H,2,10-13H2,1H3. The zero-order valence-electron chi connectivity index (χ0n) is 14.4. The molecule has 3 heterocycles. The van der Waals surface area contributed by atoms with Gasteiger partial charge in [0.1, 0.15) is 11.3 Å². The van der Waals surface area contributed by atoms with Gasteiger partial charge in [-0.3, -0.25) is 9.88 Å². The molecule has 5 heteroatoms. The van der Waals surface area contributed by atoms with E-state index in [-0.39, 0.29) is 6.04 Å². The van der Waals surface area contributed by atoms with Crippen molar-refractivity contribution in [3.8, 4) is 5.75 Å². The van der Waals surface area contributed by atoms with Crippen LogP contribution in [0.1, 0.15) is 23.4 Å². The van der Waals surface area contributed by atoms with E-state index in [0.717, 1.165) is 43.7 Å². The fourth-order valence-corrected chi connectivity index (χ4v) is 4.56. The Labute approximate surface area is 152 Å². The van der Waals surface area contributed by atoms with Gasteiger partial charge in [-0.2, -0.15) is 0 Å². The van der Waals surface area contributed by atoms with E-state index >= 15 is 0 Å². The quantitative estimate of drug-likeness (QED) is 0.776. The normalized spacial score (nSPS) is 17.8. The Morgan fingerprint density at radius 3 is 2.68 bits per heavy atom. The molecule has 0 saturated carbocycles. The zero-order chi connectivity index (χ0) is 17.2. The van der Waals surface area contributed by atoms with Crippen LogP contribution in [-0.4, -0.2) is 52.6 Å². The van der Waals surface area contributed by atoms with E-state index in [1.54, 1.807) is 17.5 Å². The number of benzene rings is 1. The molecule has 0 aliphatic carbocycles. The van der Waals surface area contributed by atoms with Crippen LogP contribution in [0.3, 0.4) is 0 Å². The molecule has 25 heavy (non-hydrogen) atoms. The molecule has 1 atom stereocenters. The van der Waals surface area contributed by atoms with Crippen molar-refractivity contribution < 1.29 is 5.11 Å². The maximum atomic E-state index is 11.0. The molecule has 1 fully saturated rings. The number of likely N-dealkylation sites (N-methyl/N-ethyl adjacent to an activating group) is 1. The summed E-state index contributed by atoms with van der Waals surface area (Å²) >= 11 is 1.75. The zero-order valence-corrected chi connectivity index (χ0v) is 15.2. The second kappa shape index (κ2) is 7.12. The molecule has 1 unspecified atom stereocenters. The molecule has 0 bridgehead atoms. The summed E-state index contributed by atoms with van der Waals surface area (Å²) < 4.78 is 0. The van der Waals surface area contributed by atoms with Gasteiger partial charge in [-0.15, -0.1) is 11.3 Å². The Hall–Kier alpha value is -1.95. The number of rotatable bonds is 4. The van der Waals surface area contributed by atoms with Gasteiger partial charge in [0.2, 0.25) is 0 Å². The molecular weight excluding hydrogens is 330 g/mol. The molecule has 1 aliphatic rings. The predicted octanol–water partition coefficient (Wildman–Crippen LogP) is 3.73. The summed E-state index contributed by atoms with van der Waals surface area (Å²) in [5.74, 6) is 0.314. The van der Waals surface area contributed by atoms with Crippen LogP contribution in [-0.2, 0) is 0 Å². The number of hydrogen-bond acceptors (Lipinski definition) is 5. The molecule has 0 spiro atoms. The number of thiophene rings is 1. The van der Waals surface area contributed by atoms with E-state index in [1.807, 2.05) is 12.1 Å². The Morgan fingerprint density at radius 2 is 1.96 bits per heavy atom. The summed E-state index contributed by atoms with van der Waals surface area (Å²) in [5.41, 5.74) is 1.65. The molecule has 1 aliphatic heterocycles. The van der Waals surface area contributed by atoms with Gasteiger partial charge in [-0.05, 0) is 24.1 Å².